The summed E-state index contributed by atoms with van der Waals surface area (Å²) < 4.78 is 0.499. The van der Waals surface area contributed by atoms with E-state index in [1.54, 1.807) is 0 Å². The van der Waals surface area contributed by atoms with Crippen molar-refractivity contribution < 1.29 is 14.7 Å². The summed E-state index contributed by atoms with van der Waals surface area (Å²) in [4.78, 5) is 25.6. The van der Waals surface area contributed by atoms with Gasteiger partial charge in [0.2, 0.25) is 0 Å². The molecule has 6 heteroatoms. The summed E-state index contributed by atoms with van der Waals surface area (Å²) in [6.07, 6.45) is 5.73. The molecule has 0 bridgehead atoms. The molecule has 0 radical (unpaired) electrons. The number of hydrogen-bond acceptors (Lipinski definition) is 4. The van der Waals surface area contributed by atoms with E-state index in [1.807, 2.05) is 6.08 Å². The van der Waals surface area contributed by atoms with Gasteiger partial charge in [0.25, 0.3) is 5.91 Å². The van der Waals surface area contributed by atoms with Gasteiger partial charge in [-0.2, -0.15) is 0 Å². The molecule has 1 saturated heterocycles. The Morgan fingerprint density at radius 3 is 2.78 bits per heavy atom. The Hall–Kier alpha value is -2.18. The molecule has 4 rings (SSSR count). The first-order valence-corrected chi connectivity index (χ1v) is 10.3. The molecular formula is C21H19NO3S2. The molecule has 4 nitrogen and oxygen atoms in total. The summed E-state index contributed by atoms with van der Waals surface area (Å²) in [7, 11) is 0. The number of carbonyl (C=O) groups excluding carboxylic acids is 1. The standard InChI is InChI=1S/C21H19NO3S2/c23-18(24)8-3-11-22-20(25)17(27-21(22)26)12-15-10-9-14-5-1-4-13-6-2-7-16(15)19(13)14/h2,6-7,9-10,12H,1,3-5,8,11H2,(H,23,24)/b17-12-. The molecule has 0 aromatic heterocycles. The molecule has 0 atom stereocenters. The van der Waals surface area contributed by atoms with Gasteiger partial charge in [-0.1, -0.05) is 54.3 Å². The maximum Gasteiger partial charge on any atom is 0.303 e. The minimum atomic E-state index is -0.861. The number of carboxylic acids is 1. The van der Waals surface area contributed by atoms with Crippen molar-refractivity contribution in [2.45, 2.75) is 32.1 Å². The number of carbonyl (C=O) groups is 2. The molecule has 0 saturated carbocycles. The quantitative estimate of drug-likeness (QED) is 0.599. The van der Waals surface area contributed by atoms with Gasteiger partial charge in [-0.3, -0.25) is 14.5 Å². The molecule has 1 aliphatic carbocycles. The van der Waals surface area contributed by atoms with Crippen LogP contribution in [0.3, 0.4) is 0 Å². The number of nitrogens with zero attached hydrogens (tertiary/aromatic N) is 1. The predicted octanol–water partition coefficient (Wildman–Crippen LogP) is 4.39. The van der Waals surface area contributed by atoms with Crippen LogP contribution in [0.1, 0.15) is 36.0 Å². The molecule has 27 heavy (non-hydrogen) atoms. The van der Waals surface area contributed by atoms with Crippen LogP contribution in [0.15, 0.2) is 35.2 Å². The van der Waals surface area contributed by atoms with Gasteiger partial charge in [0, 0.05) is 13.0 Å². The Morgan fingerprint density at radius 1 is 1.22 bits per heavy atom. The Bertz CT molecular complexity index is 986. The van der Waals surface area contributed by atoms with Crippen LogP contribution in [-0.2, 0) is 22.4 Å². The number of aliphatic carboxylic acids is 1. The summed E-state index contributed by atoms with van der Waals surface area (Å²) in [5.74, 6) is -0.990. The lowest BCUT2D eigenvalue weighted by molar-refractivity contribution is -0.137. The van der Waals surface area contributed by atoms with Crippen LogP contribution in [0.25, 0.3) is 16.8 Å². The van der Waals surface area contributed by atoms with Crippen LogP contribution in [-0.4, -0.2) is 32.7 Å². The zero-order chi connectivity index (χ0) is 19.0. The number of carboxylic acid groups (broad SMARTS) is 1. The second-order valence-electron chi connectivity index (χ2n) is 6.84. The van der Waals surface area contributed by atoms with Gasteiger partial charge in [-0.05, 0) is 59.2 Å². The summed E-state index contributed by atoms with van der Waals surface area (Å²) in [5.41, 5.74) is 3.79. The summed E-state index contributed by atoms with van der Waals surface area (Å²) in [6, 6.07) is 10.7. The average molecular weight is 398 g/mol. The van der Waals surface area contributed by atoms with Crippen LogP contribution >= 0.6 is 24.0 Å². The number of amides is 1. The van der Waals surface area contributed by atoms with E-state index < -0.39 is 5.97 Å². The molecule has 2 aliphatic rings. The fourth-order valence-electron chi connectivity index (χ4n) is 3.82. The highest BCUT2D eigenvalue weighted by Gasteiger charge is 2.31. The largest absolute Gasteiger partial charge is 0.481 e. The fourth-order valence-corrected chi connectivity index (χ4v) is 5.12. The van der Waals surface area contributed by atoms with Gasteiger partial charge in [-0.15, -0.1) is 0 Å². The van der Waals surface area contributed by atoms with Crippen molar-refractivity contribution in [1.82, 2.24) is 4.90 Å². The summed E-state index contributed by atoms with van der Waals surface area (Å²) >= 11 is 6.63. The van der Waals surface area contributed by atoms with Crippen molar-refractivity contribution in [2.24, 2.45) is 0 Å². The van der Waals surface area contributed by atoms with Crippen LogP contribution in [0.5, 0.6) is 0 Å². The van der Waals surface area contributed by atoms with Crippen molar-refractivity contribution in [1.29, 1.82) is 0 Å². The van der Waals surface area contributed by atoms with E-state index in [-0.39, 0.29) is 12.3 Å². The molecule has 1 N–H and O–H groups in total. The SMILES string of the molecule is O=C(O)CCCN1C(=O)/C(=C/c2ccc3c4c(cccc24)CCC3)SC1=S. The highest BCUT2D eigenvalue weighted by atomic mass is 32.2. The maximum atomic E-state index is 12.7. The molecule has 1 aliphatic heterocycles. The van der Waals surface area contributed by atoms with Crippen molar-refractivity contribution in [2.75, 3.05) is 6.54 Å². The van der Waals surface area contributed by atoms with E-state index in [1.165, 1.54) is 45.0 Å². The lowest BCUT2D eigenvalue weighted by Gasteiger charge is -2.18. The maximum absolute atomic E-state index is 12.7. The van der Waals surface area contributed by atoms with Gasteiger partial charge in [-0.25, -0.2) is 0 Å². The van der Waals surface area contributed by atoms with Gasteiger partial charge < -0.3 is 5.11 Å². The van der Waals surface area contributed by atoms with E-state index in [9.17, 15) is 9.59 Å². The van der Waals surface area contributed by atoms with Gasteiger partial charge >= 0.3 is 5.97 Å². The Labute approximate surface area is 167 Å². The Morgan fingerprint density at radius 2 is 2.00 bits per heavy atom. The molecule has 138 valence electrons. The van der Waals surface area contributed by atoms with Crippen LogP contribution in [0.2, 0.25) is 0 Å². The lowest BCUT2D eigenvalue weighted by Crippen LogP contribution is -2.29. The first-order valence-electron chi connectivity index (χ1n) is 9.05. The highest BCUT2D eigenvalue weighted by molar-refractivity contribution is 8.26. The minimum absolute atomic E-state index is 0.0327. The third-order valence-electron chi connectivity index (χ3n) is 5.07. The van der Waals surface area contributed by atoms with Crippen LogP contribution in [0.4, 0.5) is 0 Å². The molecule has 0 spiro atoms. The van der Waals surface area contributed by atoms with E-state index >= 15 is 0 Å². The average Bonchev–Trinajstić information content (AvgIpc) is 2.91. The minimum Gasteiger partial charge on any atom is -0.481 e. The zero-order valence-corrected chi connectivity index (χ0v) is 16.4. The highest BCUT2D eigenvalue weighted by Crippen LogP contribution is 2.36. The van der Waals surface area contributed by atoms with Crippen molar-refractivity contribution >= 4 is 57.0 Å². The smallest absolute Gasteiger partial charge is 0.303 e. The third kappa shape index (κ3) is 3.51. The number of benzene rings is 2. The van der Waals surface area contributed by atoms with Gasteiger partial charge in [0.15, 0.2) is 0 Å². The third-order valence-corrected chi connectivity index (χ3v) is 6.45. The van der Waals surface area contributed by atoms with Crippen LogP contribution < -0.4 is 0 Å². The van der Waals surface area contributed by atoms with Crippen LogP contribution in [0, 0.1) is 0 Å². The molecule has 0 unspecified atom stereocenters. The number of thiocarbonyl (C=S) groups is 1. The van der Waals surface area contributed by atoms with E-state index in [0.29, 0.717) is 22.2 Å². The van der Waals surface area contributed by atoms with Gasteiger partial charge in [0.1, 0.15) is 4.32 Å². The predicted molar refractivity (Wildman–Crippen MR) is 113 cm³/mol. The Balaban J connectivity index is 1.65. The summed E-state index contributed by atoms with van der Waals surface area (Å²) in [5, 5.41) is 11.3. The van der Waals surface area contributed by atoms with Crippen molar-refractivity contribution in [3.8, 4) is 0 Å². The van der Waals surface area contributed by atoms with E-state index in [0.717, 1.165) is 18.4 Å². The fraction of sp³-hybridized carbons (Fsp3) is 0.286. The first kappa shape index (κ1) is 18.2. The zero-order valence-electron chi connectivity index (χ0n) is 14.7. The Kier molecular flexibility index (Phi) is 5.02. The number of aryl methyl sites for hydroxylation is 2. The first-order chi connectivity index (χ1) is 13.0. The second-order valence-corrected chi connectivity index (χ2v) is 8.51. The number of rotatable bonds is 5. The summed E-state index contributed by atoms with van der Waals surface area (Å²) in [6.45, 7) is 0.345. The molecule has 2 aromatic rings. The molecule has 1 amide bonds. The second kappa shape index (κ2) is 7.44. The molecule has 1 heterocycles. The molecule has 1 fully saturated rings. The number of hydrogen-bond donors (Lipinski definition) is 1. The molecule has 2 aromatic carbocycles. The number of thioether (sulfide) groups is 1. The van der Waals surface area contributed by atoms with Crippen molar-refractivity contribution in [3.63, 3.8) is 0 Å². The lowest BCUT2D eigenvalue weighted by atomic mass is 9.87. The van der Waals surface area contributed by atoms with E-state index in [2.05, 4.69) is 30.3 Å². The normalized spacial score (nSPS) is 17.9. The van der Waals surface area contributed by atoms with Crippen molar-refractivity contribution in [3.05, 3.63) is 51.9 Å². The van der Waals surface area contributed by atoms with E-state index in [4.69, 9.17) is 17.3 Å². The topological polar surface area (TPSA) is 57.6 Å². The molecular weight excluding hydrogens is 378 g/mol. The van der Waals surface area contributed by atoms with Gasteiger partial charge in [0.05, 0.1) is 4.91 Å². The monoisotopic (exact) mass is 397 g/mol.